The molecule has 1 aliphatic heterocycles. The molecule has 0 aliphatic carbocycles. The number of methoxy groups -OCH3 is 1. The van der Waals surface area contributed by atoms with Crippen LogP contribution in [0.25, 0.3) is 17.8 Å². The van der Waals surface area contributed by atoms with Crippen LogP contribution < -0.4 is 4.74 Å². The van der Waals surface area contributed by atoms with Gasteiger partial charge in [-0.15, -0.1) is 0 Å². The summed E-state index contributed by atoms with van der Waals surface area (Å²) in [6.45, 7) is 6.08. The first-order valence-electron chi connectivity index (χ1n) is 11.1. The first-order valence-corrected chi connectivity index (χ1v) is 11.1. The molecule has 0 fully saturated rings. The van der Waals surface area contributed by atoms with Crippen molar-refractivity contribution in [2.45, 2.75) is 32.2 Å². The topological polar surface area (TPSA) is 81.5 Å². The van der Waals surface area contributed by atoms with Crippen molar-refractivity contribution in [3.8, 4) is 18.0 Å². The van der Waals surface area contributed by atoms with Crippen LogP contribution in [-0.4, -0.2) is 31.4 Å². The third-order valence-electron chi connectivity index (χ3n) is 5.92. The number of halogens is 3. The standard InChI is InChI=1S/C25H22F3N5O.CHN/c1-15-13-32(14-29-15)21-7-5-16(10-22(21)34-2)6-8-23-30-25-18(4-3-9-33(25)31-23)17-11-19(26)24(28)20(27)12-17;1-2/h5-8,10-14,18H,3-4,9H2,1-2H3;1H/b8-6+;. The molecule has 2 aromatic carbocycles. The Bertz CT molecular complexity index is 1420. The fourth-order valence-corrected chi connectivity index (χ4v) is 4.27. The van der Waals surface area contributed by atoms with Gasteiger partial charge in [0.15, 0.2) is 23.3 Å². The van der Waals surface area contributed by atoms with Crippen LogP contribution in [0.4, 0.5) is 13.2 Å². The average molecular weight is 493 g/mol. The van der Waals surface area contributed by atoms with Gasteiger partial charge in [0.1, 0.15) is 11.6 Å². The van der Waals surface area contributed by atoms with Crippen molar-refractivity contribution >= 4 is 12.2 Å². The molecule has 5 rings (SSSR count). The van der Waals surface area contributed by atoms with Gasteiger partial charge in [-0.05, 0) is 61.2 Å². The number of hydrogen-bond acceptors (Lipinski definition) is 5. The number of nitriles is 1. The molecule has 0 saturated heterocycles. The summed E-state index contributed by atoms with van der Waals surface area (Å²) >= 11 is 0. The van der Waals surface area contributed by atoms with Gasteiger partial charge in [-0.2, -0.15) is 5.10 Å². The van der Waals surface area contributed by atoms with Gasteiger partial charge in [0, 0.05) is 25.2 Å². The molecule has 1 unspecified atom stereocenters. The van der Waals surface area contributed by atoms with Crippen LogP contribution in [0.3, 0.4) is 0 Å². The van der Waals surface area contributed by atoms with Crippen molar-refractivity contribution in [1.82, 2.24) is 24.3 Å². The highest BCUT2D eigenvalue weighted by atomic mass is 19.2. The molecule has 184 valence electrons. The number of ether oxygens (including phenoxy) is 1. The quantitative estimate of drug-likeness (QED) is 0.347. The zero-order valence-electron chi connectivity index (χ0n) is 19.7. The summed E-state index contributed by atoms with van der Waals surface area (Å²) in [6, 6.07) is 7.88. The summed E-state index contributed by atoms with van der Waals surface area (Å²) in [5.74, 6) is -2.43. The van der Waals surface area contributed by atoms with Crippen molar-refractivity contribution < 1.29 is 17.9 Å². The maximum Gasteiger partial charge on any atom is 0.194 e. The molecule has 7 nitrogen and oxygen atoms in total. The van der Waals surface area contributed by atoms with E-state index >= 15 is 0 Å². The number of fused-ring (bicyclic) bond motifs is 1. The van der Waals surface area contributed by atoms with Gasteiger partial charge < -0.3 is 9.30 Å². The van der Waals surface area contributed by atoms with E-state index in [0.29, 0.717) is 35.9 Å². The fraction of sp³-hybridized carbons (Fsp3) is 0.231. The van der Waals surface area contributed by atoms with Crippen molar-refractivity contribution in [3.63, 3.8) is 0 Å². The van der Waals surface area contributed by atoms with E-state index in [-0.39, 0.29) is 5.92 Å². The maximum atomic E-state index is 13.8. The van der Waals surface area contributed by atoms with Gasteiger partial charge in [0.05, 0.1) is 24.8 Å². The lowest BCUT2D eigenvalue weighted by atomic mass is 9.91. The SMILES string of the molecule is C#N.COc1cc(/C=C/c2nc3n(n2)CCCC3c2cc(F)c(F)c(F)c2)ccc1-n1cnc(C)c1. The molecule has 0 N–H and O–H groups in total. The van der Waals surface area contributed by atoms with Crippen LogP contribution in [-0.2, 0) is 6.54 Å². The molecule has 0 bridgehead atoms. The third-order valence-corrected chi connectivity index (χ3v) is 5.92. The Labute approximate surface area is 206 Å². The van der Waals surface area contributed by atoms with Crippen molar-refractivity contribution in [3.05, 3.63) is 88.8 Å². The monoisotopic (exact) mass is 492 g/mol. The Morgan fingerprint density at radius 1 is 1.11 bits per heavy atom. The van der Waals surface area contributed by atoms with Gasteiger partial charge in [-0.1, -0.05) is 12.1 Å². The summed E-state index contributed by atoms with van der Waals surface area (Å²) in [5.41, 5.74) is 3.03. The van der Waals surface area contributed by atoms with E-state index in [1.54, 1.807) is 24.2 Å². The number of benzene rings is 2. The van der Waals surface area contributed by atoms with Crippen molar-refractivity contribution in [1.29, 1.82) is 5.26 Å². The molecule has 0 spiro atoms. The van der Waals surface area contributed by atoms with E-state index in [0.717, 1.165) is 35.5 Å². The van der Waals surface area contributed by atoms with Crippen molar-refractivity contribution in [2.24, 2.45) is 0 Å². The molecule has 10 heteroatoms. The van der Waals surface area contributed by atoms with Gasteiger partial charge in [-0.3, -0.25) is 0 Å². The average Bonchev–Trinajstić information content (AvgIpc) is 3.52. The molecule has 2 aromatic heterocycles. The molecule has 1 aliphatic rings. The summed E-state index contributed by atoms with van der Waals surface area (Å²) < 4.78 is 50.2. The summed E-state index contributed by atoms with van der Waals surface area (Å²) in [4.78, 5) is 8.85. The van der Waals surface area contributed by atoms with E-state index in [1.807, 2.05) is 42.0 Å². The second-order valence-corrected chi connectivity index (χ2v) is 8.23. The number of hydrogen-bond donors (Lipinski definition) is 0. The number of imidazole rings is 1. The molecule has 4 aromatic rings. The second kappa shape index (κ2) is 10.5. The molecular formula is C26H23F3N6O. The van der Waals surface area contributed by atoms with Gasteiger partial charge in [-0.25, -0.2) is 33.1 Å². The highest BCUT2D eigenvalue weighted by Crippen LogP contribution is 2.34. The maximum absolute atomic E-state index is 13.8. The third kappa shape index (κ3) is 4.86. The van der Waals surface area contributed by atoms with E-state index < -0.39 is 17.5 Å². The zero-order valence-corrected chi connectivity index (χ0v) is 19.7. The Hall–Kier alpha value is -4.39. The molecule has 3 heterocycles. The minimum absolute atomic E-state index is 0.356. The van der Waals surface area contributed by atoms with Crippen LogP contribution in [0.2, 0.25) is 0 Å². The van der Waals surface area contributed by atoms with E-state index in [9.17, 15) is 13.2 Å². The predicted octanol–water partition coefficient (Wildman–Crippen LogP) is 5.43. The Morgan fingerprint density at radius 2 is 1.86 bits per heavy atom. The molecule has 0 radical (unpaired) electrons. The first-order chi connectivity index (χ1) is 17.4. The number of rotatable bonds is 5. The number of aryl methyl sites for hydroxylation is 2. The van der Waals surface area contributed by atoms with E-state index in [4.69, 9.17) is 10.00 Å². The fourth-order valence-electron chi connectivity index (χ4n) is 4.27. The minimum Gasteiger partial charge on any atom is -0.495 e. The lowest BCUT2D eigenvalue weighted by molar-refractivity contribution is 0.413. The highest BCUT2D eigenvalue weighted by Gasteiger charge is 2.27. The largest absolute Gasteiger partial charge is 0.495 e. The second-order valence-electron chi connectivity index (χ2n) is 8.23. The summed E-state index contributed by atoms with van der Waals surface area (Å²) in [7, 11) is 1.61. The molecule has 0 saturated carbocycles. The van der Waals surface area contributed by atoms with Gasteiger partial charge in [0.2, 0.25) is 0 Å². The lowest BCUT2D eigenvalue weighted by Crippen LogP contribution is -2.18. The Morgan fingerprint density at radius 3 is 2.53 bits per heavy atom. The van der Waals surface area contributed by atoms with Gasteiger partial charge >= 0.3 is 0 Å². The summed E-state index contributed by atoms with van der Waals surface area (Å²) in [6.07, 6.45) is 8.73. The van der Waals surface area contributed by atoms with Crippen molar-refractivity contribution in [2.75, 3.05) is 7.11 Å². The van der Waals surface area contributed by atoms with Crippen LogP contribution in [0, 0.1) is 36.2 Å². The van der Waals surface area contributed by atoms with Crippen LogP contribution in [0.5, 0.6) is 5.75 Å². The highest BCUT2D eigenvalue weighted by molar-refractivity contribution is 5.69. The summed E-state index contributed by atoms with van der Waals surface area (Å²) in [5, 5.41) is 11.0. The van der Waals surface area contributed by atoms with Crippen LogP contribution >= 0.6 is 0 Å². The Kier molecular flexibility index (Phi) is 7.20. The molecular weight excluding hydrogens is 469 g/mol. The number of nitrogens with zero attached hydrogens (tertiary/aromatic N) is 6. The lowest BCUT2D eigenvalue weighted by Gasteiger charge is -2.22. The van der Waals surface area contributed by atoms with E-state index in [1.165, 1.54) is 0 Å². The Balaban J connectivity index is 0.00000148. The predicted molar refractivity (Wildman–Crippen MR) is 128 cm³/mol. The van der Waals surface area contributed by atoms with Gasteiger partial charge in [0.25, 0.3) is 0 Å². The van der Waals surface area contributed by atoms with E-state index in [2.05, 4.69) is 21.6 Å². The first kappa shape index (κ1) is 24.7. The number of aromatic nitrogens is 5. The smallest absolute Gasteiger partial charge is 0.194 e. The van der Waals surface area contributed by atoms with Crippen LogP contribution in [0.15, 0.2) is 42.9 Å². The normalized spacial score (nSPS) is 14.8. The molecule has 36 heavy (non-hydrogen) atoms. The molecule has 1 atom stereocenters. The molecule has 0 amide bonds. The zero-order chi connectivity index (χ0) is 25.8. The minimum atomic E-state index is -1.46. The van der Waals surface area contributed by atoms with Crippen LogP contribution in [0.1, 0.15) is 47.2 Å².